The normalized spacial score (nSPS) is 12.8. The zero-order valence-corrected chi connectivity index (χ0v) is 40.9. The van der Waals surface area contributed by atoms with E-state index in [-0.39, 0.29) is 18.5 Å². The largest absolute Gasteiger partial charge is 0.466 e. The smallest absolute Gasteiger partial charge is 0.305 e. The topological polar surface area (TPSA) is 95.9 Å². The number of aliphatic hydroxyl groups excluding tert-OH is 2. The predicted octanol–water partition coefficient (Wildman–Crippen LogP) is 16.3. The Labute approximate surface area is 380 Å². The molecule has 0 aromatic carbocycles. The summed E-state index contributed by atoms with van der Waals surface area (Å²) in [6.07, 6.45) is 60.0. The van der Waals surface area contributed by atoms with E-state index < -0.39 is 12.1 Å². The molecule has 0 bridgehead atoms. The minimum atomic E-state index is -0.671. The van der Waals surface area contributed by atoms with Crippen molar-refractivity contribution in [3.05, 3.63) is 24.3 Å². The molecule has 0 fully saturated rings. The number of ether oxygens (including phenoxy) is 1. The summed E-state index contributed by atoms with van der Waals surface area (Å²) >= 11 is 0. The standard InChI is InChI=1S/C55H105NO5/c1-3-5-7-9-11-13-15-17-19-23-27-31-35-39-43-47-53(58)52(51-57)56-54(59)48-44-40-36-32-28-24-21-22-26-30-34-38-42-46-50-61-55(60)49-45-41-37-33-29-25-20-18-16-14-12-10-8-6-4-2/h12,14,18,20,52-53,57-58H,3-11,13,15-17,19,21-51H2,1-2H3,(H,56,59)/b14-12-,20-18-. The summed E-state index contributed by atoms with van der Waals surface area (Å²) in [5, 5.41) is 23.2. The van der Waals surface area contributed by atoms with E-state index >= 15 is 0 Å². The maximum Gasteiger partial charge on any atom is 0.305 e. The first-order valence-electron chi connectivity index (χ1n) is 27.1. The minimum absolute atomic E-state index is 0.0160. The number of esters is 1. The van der Waals surface area contributed by atoms with Crippen molar-refractivity contribution >= 4 is 11.9 Å². The van der Waals surface area contributed by atoms with Crippen molar-refractivity contribution in [3.63, 3.8) is 0 Å². The number of hydrogen-bond donors (Lipinski definition) is 3. The Morgan fingerprint density at radius 2 is 0.820 bits per heavy atom. The molecule has 0 aromatic heterocycles. The molecule has 360 valence electrons. The molecule has 1 amide bonds. The van der Waals surface area contributed by atoms with Crippen LogP contribution in [0.25, 0.3) is 0 Å². The molecule has 0 aromatic rings. The van der Waals surface area contributed by atoms with Crippen LogP contribution in [0.5, 0.6) is 0 Å². The van der Waals surface area contributed by atoms with E-state index in [4.69, 9.17) is 4.74 Å². The lowest BCUT2D eigenvalue weighted by molar-refractivity contribution is -0.143. The van der Waals surface area contributed by atoms with Crippen molar-refractivity contribution in [2.24, 2.45) is 0 Å². The van der Waals surface area contributed by atoms with Crippen LogP contribution in [0, 0.1) is 0 Å². The third-order valence-electron chi connectivity index (χ3n) is 12.5. The lowest BCUT2D eigenvalue weighted by atomic mass is 10.0. The summed E-state index contributed by atoms with van der Waals surface area (Å²) in [6.45, 7) is 4.90. The maximum absolute atomic E-state index is 12.5. The Morgan fingerprint density at radius 3 is 1.28 bits per heavy atom. The average molecular weight is 860 g/mol. The van der Waals surface area contributed by atoms with E-state index in [0.29, 0.717) is 25.9 Å². The van der Waals surface area contributed by atoms with Crippen LogP contribution in [0.15, 0.2) is 24.3 Å². The van der Waals surface area contributed by atoms with Crippen LogP contribution in [0.2, 0.25) is 0 Å². The Kier molecular flexibility index (Phi) is 49.6. The third-order valence-corrected chi connectivity index (χ3v) is 12.5. The van der Waals surface area contributed by atoms with Gasteiger partial charge in [0.05, 0.1) is 25.4 Å². The monoisotopic (exact) mass is 860 g/mol. The van der Waals surface area contributed by atoms with Gasteiger partial charge in [0.2, 0.25) is 5.91 Å². The molecular weight excluding hydrogens is 755 g/mol. The Bertz CT molecular complexity index is 951. The summed E-state index contributed by atoms with van der Waals surface area (Å²) in [7, 11) is 0. The number of hydrogen-bond acceptors (Lipinski definition) is 5. The molecular formula is C55H105NO5. The number of carbonyl (C=O) groups is 2. The van der Waals surface area contributed by atoms with Crippen molar-refractivity contribution in [1.29, 1.82) is 0 Å². The van der Waals surface area contributed by atoms with E-state index in [1.165, 1.54) is 199 Å². The minimum Gasteiger partial charge on any atom is -0.466 e. The molecule has 0 heterocycles. The molecule has 0 saturated heterocycles. The maximum atomic E-state index is 12.5. The number of aliphatic hydroxyl groups is 2. The number of carbonyl (C=O) groups excluding carboxylic acids is 2. The molecule has 61 heavy (non-hydrogen) atoms. The van der Waals surface area contributed by atoms with Gasteiger partial charge in [-0.1, -0.05) is 244 Å². The average Bonchev–Trinajstić information content (AvgIpc) is 3.26. The lowest BCUT2D eigenvalue weighted by Crippen LogP contribution is -2.45. The van der Waals surface area contributed by atoms with Gasteiger partial charge in [-0.15, -0.1) is 0 Å². The summed E-state index contributed by atoms with van der Waals surface area (Å²) in [6, 6.07) is -0.549. The fourth-order valence-corrected chi connectivity index (χ4v) is 8.32. The van der Waals surface area contributed by atoms with Crippen LogP contribution >= 0.6 is 0 Å². The molecule has 0 aliphatic rings. The number of unbranched alkanes of at least 4 members (excludes halogenated alkanes) is 35. The van der Waals surface area contributed by atoms with E-state index in [2.05, 4.69) is 43.5 Å². The summed E-state index contributed by atoms with van der Waals surface area (Å²) in [5.74, 6) is -0.0612. The summed E-state index contributed by atoms with van der Waals surface area (Å²) in [5.41, 5.74) is 0. The SMILES string of the molecule is CCCCC/C=C\C/C=C\CCCCCCCC(=O)OCCCCCCCCCCCCCCCCC(=O)NC(CO)C(O)CCCCCCCCCCCCCCCCC. The highest BCUT2D eigenvalue weighted by molar-refractivity contribution is 5.76. The van der Waals surface area contributed by atoms with Crippen LogP contribution in [-0.2, 0) is 14.3 Å². The van der Waals surface area contributed by atoms with Gasteiger partial charge in [-0.2, -0.15) is 0 Å². The van der Waals surface area contributed by atoms with Crippen molar-refractivity contribution in [1.82, 2.24) is 5.32 Å². The first-order valence-corrected chi connectivity index (χ1v) is 27.1. The zero-order valence-electron chi connectivity index (χ0n) is 40.9. The van der Waals surface area contributed by atoms with Gasteiger partial charge in [0.1, 0.15) is 0 Å². The quantitative estimate of drug-likeness (QED) is 0.0322. The lowest BCUT2D eigenvalue weighted by Gasteiger charge is -2.22. The van der Waals surface area contributed by atoms with Gasteiger partial charge in [-0.05, 0) is 57.8 Å². The van der Waals surface area contributed by atoms with Gasteiger partial charge >= 0.3 is 5.97 Å². The molecule has 6 nitrogen and oxygen atoms in total. The van der Waals surface area contributed by atoms with Gasteiger partial charge in [-0.3, -0.25) is 9.59 Å². The van der Waals surface area contributed by atoms with Gasteiger partial charge in [0, 0.05) is 12.8 Å². The van der Waals surface area contributed by atoms with E-state index in [1.54, 1.807) is 0 Å². The second-order valence-electron chi connectivity index (χ2n) is 18.6. The van der Waals surface area contributed by atoms with Crippen LogP contribution in [-0.4, -0.2) is 47.4 Å². The molecule has 6 heteroatoms. The first kappa shape index (κ1) is 59.3. The van der Waals surface area contributed by atoms with Crippen LogP contribution in [0.3, 0.4) is 0 Å². The summed E-state index contributed by atoms with van der Waals surface area (Å²) in [4.78, 5) is 24.5. The molecule has 2 atom stereocenters. The second-order valence-corrected chi connectivity index (χ2v) is 18.6. The molecule has 0 saturated carbocycles. The highest BCUT2D eigenvalue weighted by atomic mass is 16.5. The van der Waals surface area contributed by atoms with Crippen molar-refractivity contribution < 1.29 is 24.5 Å². The molecule has 0 aliphatic carbocycles. The fourth-order valence-electron chi connectivity index (χ4n) is 8.32. The molecule has 0 radical (unpaired) electrons. The highest BCUT2D eigenvalue weighted by Crippen LogP contribution is 2.17. The van der Waals surface area contributed by atoms with E-state index in [0.717, 1.165) is 57.8 Å². The van der Waals surface area contributed by atoms with Gasteiger partial charge < -0.3 is 20.3 Å². The molecule has 0 spiro atoms. The van der Waals surface area contributed by atoms with Crippen LogP contribution < -0.4 is 5.32 Å². The first-order chi connectivity index (χ1) is 30.0. The number of rotatable bonds is 50. The van der Waals surface area contributed by atoms with Gasteiger partial charge in [0.15, 0.2) is 0 Å². The zero-order chi connectivity index (χ0) is 44.4. The Morgan fingerprint density at radius 1 is 0.459 bits per heavy atom. The fraction of sp³-hybridized carbons (Fsp3) is 0.891. The molecule has 0 aliphatic heterocycles. The molecule has 2 unspecified atom stereocenters. The van der Waals surface area contributed by atoms with Crippen molar-refractivity contribution in [3.8, 4) is 0 Å². The Balaban J connectivity index is 3.45. The van der Waals surface area contributed by atoms with Crippen molar-refractivity contribution in [2.45, 2.75) is 302 Å². The van der Waals surface area contributed by atoms with Gasteiger partial charge in [0.25, 0.3) is 0 Å². The molecule has 3 N–H and O–H groups in total. The van der Waals surface area contributed by atoms with Gasteiger partial charge in [-0.25, -0.2) is 0 Å². The highest BCUT2D eigenvalue weighted by Gasteiger charge is 2.20. The summed E-state index contributed by atoms with van der Waals surface area (Å²) < 4.78 is 5.46. The third kappa shape index (κ3) is 47.7. The van der Waals surface area contributed by atoms with Crippen LogP contribution in [0.1, 0.15) is 290 Å². The number of amides is 1. The Hall–Kier alpha value is -1.66. The van der Waals surface area contributed by atoms with E-state index in [9.17, 15) is 19.8 Å². The number of nitrogens with one attached hydrogen (secondary N) is 1. The predicted molar refractivity (Wildman–Crippen MR) is 264 cm³/mol. The number of allylic oxidation sites excluding steroid dienone is 4. The molecule has 0 rings (SSSR count). The second kappa shape index (κ2) is 51.0. The van der Waals surface area contributed by atoms with Crippen molar-refractivity contribution in [2.75, 3.05) is 13.2 Å². The van der Waals surface area contributed by atoms with Crippen LogP contribution in [0.4, 0.5) is 0 Å². The van der Waals surface area contributed by atoms with E-state index in [1.807, 2.05) is 0 Å².